The van der Waals surface area contributed by atoms with Gasteiger partial charge in [-0.1, -0.05) is 17.7 Å². The summed E-state index contributed by atoms with van der Waals surface area (Å²) in [6.45, 7) is 3.86. The molecule has 0 saturated heterocycles. The third kappa shape index (κ3) is 5.95. The highest BCUT2D eigenvalue weighted by atomic mass is 127. The van der Waals surface area contributed by atoms with E-state index >= 15 is 0 Å². The second-order valence-corrected chi connectivity index (χ2v) is 7.05. The summed E-state index contributed by atoms with van der Waals surface area (Å²) in [5.41, 5.74) is 5.64. The van der Waals surface area contributed by atoms with Gasteiger partial charge in [0.05, 0.1) is 16.9 Å². The second-order valence-electron chi connectivity index (χ2n) is 5.89. The molecule has 0 aliphatic rings. The lowest BCUT2D eigenvalue weighted by molar-refractivity contribution is -0.126. The number of aryl methyl sites for hydroxylation is 2. The Labute approximate surface area is 171 Å². The lowest BCUT2D eigenvalue weighted by atomic mass is 10.1. The van der Waals surface area contributed by atoms with E-state index in [1.807, 2.05) is 48.6 Å². The number of methoxy groups -OCH3 is 1. The fraction of sp³-hybridized carbons (Fsp3) is 0.211. The summed E-state index contributed by atoms with van der Waals surface area (Å²) in [7, 11) is 1.45. The van der Waals surface area contributed by atoms with Crippen LogP contribution < -0.4 is 15.5 Å². The largest absolute Gasteiger partial charge is 0.504 e. The number of hydrogen-bond donors (Lipinski definition) is 3. The molecule has 0 heterocycles. The maximum Gasteiger partial charge on any atom is 0.249 e. The number of anilines is 1. The van der Waals surface area contributed by atoms with E-state index < -0.39 is 11.8 Å². The Kier molecular flexibility index (Phi) is 7.17. The highest BCUT2D eigenvalue weighted by molar-refractivity contribution is 14.1. The van der Waals surface area contributed by atoms with Crippen molar-refractivity contribution < 1.29 is 19.4 Å². The third-order valence-electron chi connectivity index (χ3n) is 3.65. The Bertz CT molecular complexity index is 897. The molecule has 2 rings (SSSR count). The molecule has 0 fully saturated rings. The van der Waals surface area contributed by atoms with Crippen LogP contribution in [0.15, 0.2) is 35.4 Å². The molecule has 0 aliphatic heterocycles. The van der Waals surface area contributed by atoms with E-state index in [4.69, 9.17) is 4.74 Å². The van der Waals surface area contributed by atoms with Crippen LogP contribution in [0, 0.1) is 17.4 Å². The average Bonchev–Trinajstić information content (AvgIpc) is 2.60. The summed E-state index contributed by atoms with van der Waals surface area (Å²) in [4.78, 5) is 23.9. The molecule has 2 aromatic carbocycles. The Morgan fingerprint density at radius 2 is 1.96 bits per heavy atom. The second kappa shape index (κ2) is 9.36. The molecule has 27 heavy (non-hydrogen) atoms. The molecule has 142 valence electrons. The molecule has 0 unspecified atom stereocenters. The smallest absolute Gasteiger partial charge is 0.249 e. The molecule has 0 saturated carbocycles. The average molecular weight is 481 g/mol. The van der Waals surface area contributed by atoms with E-state index in [1.165, 1.54) is 13.3 Å². The number of phenols is 1. The topological polar surface area (TPSA) is 100 Å². The van der Waals surface area contributed by atoms with Crippen LogP contribution in [0.5, 0.6) is 11.5 Å². The molecule has 2 aromatic rings. The number of benzene rings is 2. The predicted molar refractivity (Wildman–Crippen MR) is 112 cm³/mol. The zero-order chi connectivity index (χ0) is 20.0. The highest BCUT2D eigenvalue weighted by Gasteiger charge is 2.11. The minimum absolute atomic E-state index is 0.0438. The van der Waals surface area contributed by atoms with Crippen LogP contribution >= 0.6 is 22.6 Å². The van der Waals surface area contributed by atoms with Gasteiger partial charge in [0.1, 0.15) is 6.42 Å². The van der Waals surface area contributed by atoms with Crippen molar-refractivity contribution in [2.75, 3.05) is 12.4 Å². The van der Waals surface area contributed by atoms with E-state index in [2.05, 4.69) is 15.8 Å². The Morgan fingerprint density at radius 1 is 1.22 bits per heavy atom. The van der Waals surface area contributed by atoms with Crippen molar-refractivity contribution in [3.05, 3.63) is 50.6 Å². The Hall–Kier alpha value is -2.62. The fourth-order valence-electron chi connectivity index (χ4n) is 2.34. The molecule has 7 nitrogen and oxygen atoms in total. The van der Waals surface area contributed by atoms with Gasteiger partial charge in [0.2, 0.25) is 11.8 Å². The SMILES string of the molecule is COc1cc(/C=N/NC(=O)CC(=O)Nc2ccc(C)cc2C)cc(I)c1O. The standard InChI is InChI=1S/C19H20IN3O4/c1-11-4-5-15(12(2)6-11)22-17(24)9-18(25)23-21-10-13-7-14(20)19(26)16(8-13)27-3/h4-8,10,26H,9H2,1-3H3,(H,22,24)(H,23,25)/b21-10+. The highest BCUT2D eigenvalue weighted by Crippen LogP contribution is 2.31. The van der Waals surface area contributed by atoms with Crippen molar-refractivity contribution >= 4 is 46.3 Å². The first-order valence-electron chi connectivity index (χ1n) is 8.05. The molecular weight excluding hydrogens is 461 g/mol. The van der Waals surface area contributed by atoms with Crippen LogP contribution in [0.1, 0.15) is 23.1 Å². The molecule has 0 spiro atoms. The van der Waals surface area contributed by atoms with Gasteiger partial charge in [0, 0.05) is 5.69 Å². The van der Waals surface area contributed by atoms with Gasteiger partial charge in [-0.3, -0.25) is 9.59 Å². The van der Waals surface area contributed by atoms with Crippen LogP contribution in [0.3, 0.4) is 0 Å². The van der Waals surface area contributed by atoms with Crippen LogP contribution in [-0.2, 0) is 9.59 Å². The summed E-state index contributed by atoms with van der Waals surface area (Å²) in [6, 6.07) is 8.91. The minimum atomic E-state index is -0.533. The summed E-state index contributed by atoms with van der Waals surface area (Å²) in [5.74, 6) is -0.602. The van der Waals surface area contributed by atoms with E-state index in [-0.39, 0.29) is 12.2 Å². The van der Waals surface area contributed by atoms with Crippen LogP contribution in [0.25, 0.3) is 0 Å². The molecule has 0 radical (unpaired) electrons. The molecular formula is C19H20IN3O4. The molecule has 3 N–H and O–H groups in total. The van der Waals surface area contributed by atoms with E-state index in [0.29, 0.717) is 20.6 Å². The van der Waals surface area contributed by atoms with E-state index in [9.17, 15) is 14.7 Å². The molecule has 0 bridgehead atoms. The number of rotatable bonds is 6. The number of carbonyl (C=O) groups is 2. The van der Waals surface area contributed by atoms with Crippen LogP contribution in [0.4, 0.5) is 5.69 Å². The monoisotopic (exact) mass is 481 g/mol. The lowest BCUT2D eigenvalue weighted by Gasteiger charge is -2.08. The summed E-state index contributed by atoms with van der Waals surface area (Å²) in [5, 5.41) is 16.3. The Balaban J connectivity index is 1.91. The fourth-order valence-corrected chi connectivity index (χ4v) is 2.96. The zero-order valence-electron chi connectivity index (χ0n) is 15.2. The number of hydrogen-bond acceptors (Lipinski definition) is 5. The van der Waals surface area contributed by atoms with Gasteiger partial charge in [0.25, 0.3) is 0 Å². The van der Waals surface area contributed by atoms with Gasteiger partial charge in [-0.05, 0) is 65.8 Å². The minimum Gasteiger partial charge on any atom is -0.504 e. The summed E-state index contributed by atoms with van der Waals surface area (Å²) < 4.78 is 5.65. The first-order chi connectivity index (χ1) is 12.8. The van der Waals surface area contributed by atoms with Gasteiger partial charge < -0.3 is 15.2 Å². The number of ether oxygens (including phenoxy) is 1. The van der Waals surface area contributed by atoms with Crippen molar-refractivity contribution in [1.29, 1.82) is 0 Å². The summed E-state index contributed by atoms with van der Waals surface area (Å²) in [6.07, 6.45) is 1.06. The van der Waals surface area contributed by atoms with Crippen molar-refractivity contribution in [1.82, 2.24) is 5.43 Å². The number of phenolic OH excluding ortho intramolecular Hbond substituents is 1. The number of aromatic hydroxyl groups is 1. The molecule has 0 atom stereocenters. The summed E-state index contributed by atoms with van der Waals surface area (Å²) >= 11 is 1.96. The third-order valence-corrected chi connectivity index (χ3v) is 4.47. The maximum atomic E-state index is 12.0. The number of nitrogens with one attached hydrogen (secondary N) is 2. The number of nitrogens with zero attached hydrogens (tertiary/aromatic N) is 1. The van der Waals surface area contributed by atoms with Gasteiger partial charge >= 0.3 is 0 Å². The van der Waals surface area contributed by atoms with E-state index in [1.54, 1.807) is 18.2 Å². The zero-order valence-corrected chi connectivity index (χ0v) is 17.3. The van der Waals surface area contributed by atoms with Crippen LogP contribution in [-0.4, -0.2) is 30.2 Å². The van der Waals surface area contributed by atoms with Crippen LogP contribution in [0.2, 0.25) is 0 Å². The lowest BCUT2D eigenvalue weighted by Crippen LogP contribution is -2.24. The number of halogens is 1. The van der Waals surface area contributed by atoms with E-state index in [0.717, 1.165) is 11.1 Å². The first kappa shape index (κ1) is 20.7. The van der Waals surface area contributed by atoms with Gasteiger partial charge in [-0.25, -0.2) is 5.43 Å². The normalized spacial score (nSPS) is 10.7. The van der Waals surface area contributed by atoms with Gasteiger partial charge in [0.15, 0.2) is 11.5 Å². The van der Waals surface area contributed by atoms with Crippen molar-refractivity contribution in [2.45, 2.75) is 20.3 Å². The van der Waals surface area contributed by atoms with Gasteiger partial charge in [-0.15, -0.1) is 0 Å². The van der Waals surface area contributed by atoms with Gasteiger partial charge in [-0.2, -0.15) is 5.10 Å². The number of amides is 2. The molecule has 0 aliphatic carbocycles. The quantitative estimate of drug-likeness (QED) is 0.256. The maximum absolute atomic E-state index is 12.0. The number of carbonyl (C=O) groups excluding carboxylic acids is 2. The number of hydrazone groups is 1. The van der Waals surface area contributed by atoms with Crippen molar-refractivity contribution in [3.8, 4) is 11.5 Å². The molecule has 0 aromatic heterocycles. The Morgan fingerprint density at radius 3 is 2.63 bits per heavy atom. The van der Waals surface area contributed by atoms with Crippen molar-refractivity contribution in [3.63, 3.8) is 0 Å². The molecule has 2 amide bonds. The predicted octanol–water partition coefficient (Wildman–Crippen LogP) is 3.10. The first-order valence-corrected chi connectivity index (χ1v) is 9.13. The molecule has 8 heteroatoms. The van der Waals surface area contributed by atoms with Crippen molar-refractivity contribution in [2.24, 2.45) is 5.10 Å².